The summed E-state index contributed by atoms with van der Waals surface area (Å²) in [4.78, 5) is 2.54. The molecule has 0 aliphatic carbocycles. The Labute approximate surface area is 164 Å². The molecule has 2 unspecified atom stereocenters. The molecule has 1 saturated heterocycles. The molecular weight excluding hydrogens is 332 g/mol. The van der Waals surface area contributed by atoms with E-state index in [1.807, 2.05) is 0 Å². The highest BCUT2D eigenvalue weighted by atomic mass is 16.3. The molecular formula is C24H34N2O. The summed E-state index contributed by atoms with van der Waals surface area (Å²) in [5, 5.41) is 14.5. The lowest BCUT2D eigenvalue weighted by Crippen LogP contribution is -2.55. The van der Waals surface area contributed by atoms with E-state index in [2.05, 4.69) is 91.7 Å². The van der Waals surface area contributed by atoms with Crippen LogP contribution in [0.2, 0.25) is 0 Å². The normalized spacial score (nSPS) is 23.3. The summed E-state index contributed by atoms with van der Waals surface area (Å²) in [5.41, 5.74) is 2.67. The fraction of sp³-hybridized carbons (Fsp3) is 0.500. The molecule has 2 N–H and O–H groups in total. The summed E-state index contributed by atoms with van der Waals surface area (Å²) >= 11 is 0. The molecule has 2 aromatic carbocycles. The fourth-order valence-corrected chi connectivity index (χ4v) is 4.36. The van der Waals surface area contributed by atoms with Gasteiger partial charge in [0.05, 0.1) is 6.10 Å². The number of aliphatic hydroxyl groups excluding tert-OH is 1. The molecule has 1 heterocycles. The van der Waals surface area contributed by atoms with E-state index in [0.29, 0.717) is 12.0 Å². The maximum absolute atomic E-state index is 10.7. The minimum Gasteiger partial charge on any atom is -0.391 e. The largest absolute Gasteiger partial charge is 0.391 e. The van der Waals surface area contributed by atoms with Crippen LogP contribution in [0.25, 0.3) is 0 Å². The number of hydrogen-bond donors (Lipinski definition) is 2. The minimum absolute atomic E-state index is 0.0871. The Morgan fingerprint density at radius 2 is 1.59 bits per heavy atom. The van der Waals surface area contributed by atoms with E-state index >= 15 is 0 Å². The first-order valence-corrected chi connectivity index (χ1v) is 10.4. The molecule has 27 heavy (non-hydrogen) atoms. The van der Waals surface area contributed by atoms with Crippen molar-refractivity contribution >= 4 is 0 Å². The summed E-state index contributed by atoms with van der Waals surface area (Å²) in [6.45, 7) is 8.58. The van der Waals surface area contributed by atoms with Crippen LogP contribution < -0.4 is 5.32 Å². The molecule has 3 heteroatoms. The number of nitrogens with zero attached hydrogens (tertiary/aromatic N) is 1. The molecule has 0 bridgehead atoms. The summed E-state index contributed by atoms with van der Waals surface area (Å²) in [5.74, 6) is 0.464. The van der Waals surface area contributed by atoms with Crippen LogP contribution in [0.15, 0.2) is 60.7 Å². The number of benzene rings is 2. The van der Waals surface area contributed by atoms with Crippen molar-refractivity contribution in [1.82, 2.24) is 10.2 Å². The summed E-state index contributed by atoms with van der Waals surface area (Å²) in [6.07, 6.45) is 1.61. The zero-order valence-corrected chi connectivity index (χ0v) is 16.9. The van der Waals surface area contributed by atoms with Crippen LogP contribution >= 0.6 is 0 Å². The lowest BCUT2D eigenvalue weighted by atomic mass is 9.91. The van der Waals surface area contributed by atoms with Gasteiger partial charge < -0.3 is 10.4 Å². The minimum atomic E-state index is -0.292. The molecule has 0 radical (unpaired) electrons. The van der Waals surface area contributed by atoms with Crippen molar-refractivity contribution in [3.63, 3.8) is 0 Å². The summed E-state index contributed by atoms with van der Waals surface area (Å²) in [6, 6.07) is 22.1. The lowest BCUT2D eigenvalue weighted by molar-refractivity contribution is 0.0212. The van der Waals surface area contributed by atoms with Gasteiger partial charge in [0, 0.05) is 31.2 Å². The highest BCUT2D eigenvalue weighted by Crippen LogP contribution is 2.29. The molecule has 0 amide bonds. The molecule has 3 nitrogen and oxygen atoms in total. The number of nitrogens with one attached hydrogen (secondary N) is 1. The molecule has 0 saturated carbocycles. The van der Waals surface area contributed by atoms with Crippen molar-refractivity contribution in [2.75, 3.05) is 13.1 Å². The van der Waals surface area contributed by atoms with Crippen LogP contribution in [0.3, 0.4) is 0 Å². The number of aliphatic hydroxyl groups is 1. The first kappa shape index (κ1) is 20.1. The summed E-state index contributed by atoms with van der Waals surface area (Å²) < 4.78 is 0. The summed E-state index contributed by atoms with van der Waals surface area (Å²) in [7, 11) is 0. The maximum Gasteiger partial charge on any atom is 0.0718 e. The van der Waals surface area contributed by atoms with E-state index in [1.165, 1.54) is 11.1 Å². The third-order valence-electron chi connectivity index (χ3n) is 5.84. The standard InChI is InChI=1S/C24H34N2O/c1-4-22(19-11-7-5-8-12-19)26-16-15-23(27)21(17-26)25-24(18(2)3)20-13-9-6-10-14-20/h5-14,18,21-25,27H,4,15-17H2,1-3H3/t21-,22?,23-,24?/m1/s1. The van der Waals surface area contributed by atoms with Gasteiger partial charge >= 0.3 is 0 Å². The van der Waals surface area contributed by atoms with Crippen molar-refractivity contribution in [3.05, 3.63) is 71.8 Å². The average Bonchev–Trinajstić information content (AvgIpc) is 2.70. The molecule has 0 aromatic heterocycles. The number of likely N-dealkylation sites (tertiary alicyclic amines) is 1. The molecule has 1 aliphatic heterocycles. The maximum atomic E-state index is 10.7. The smallest absolute Gasteiger partial charge is 0.0718 e. The Bertz CT molecular complexity index is 673. The van der Waals surface area contributed by atoms with E-state index in [-0.39, 0.29) is 18.2 Å². The third-order valence-corrected chi connectivity index (χ3v) is 5.84. The Kier molecular flexibility index (Phi) is 7.06. The van der Waals surface area contributed by atoms with Crippen LogP contribution in [0.5, 0.6) is 0 Å². The van der Waals surface area contributed by atoms with Crippen LogP contribution in [-0.2, 0) is 0 Å². The molecule has 4 atom stereocenters. The molecule has 0 spiro atoms. The Morgan fingerprint density at radius 3 is 2.15 bits per heavy atom. The Morgan fingerprint density at radius 1 is 1.00 bits per heavy atom. The van der Waals surface area contributed by atoms with Crippen LogP contribution in [0, 0.1) is 5.92 Å². The molecule has 2 aromatic rings. The van der Waals surface area contributed by atoms with Gasteiger partial charge in [0.2, 0.25) is 0 Å². The second kappa shape index (κ2) is 9.50. The van der Waals surface area contributed by atoms with Gasteiger partial charge in [-0.15, -0.1) is 0 Å². The number of piperidine rings is 1. The van der Waals surface area contributed by atoms with Gasteiger partial charge in [-0.3, -0.25) is 4.90 Å². The second-order valence-corrected chi connectivity index (χ2v) is 8.09. The van der Waals surface area contributed by atoms with E-state index < -0.39 is 0 Å². The predicted molar refractivity (Wildman–Crippen MR) is 113 cm³/mol. The quantitative estimate of drug-likeness (QED) is 0.754. The molecule has 1 aliphatic rings. The third kappa shape index (κ3) is 4.98. The van der Waals surface area contributed by atoms with Gasteiger partial charge in [-0.25, -0.2) is 0 Å². The van der Waals surface area contributed by atoms with Gasteiger partial charge in [0.15, 0.2) is 0 Å². The van der Waals surface area contributed by atoms with Crippen LogP contribution in [-0.4, -0.2) is 35.2 Å². The first-order valence-electron chi connectivity index (χ1n) is 10.4. The lowest BCUT2D eigenvalue weighted by Gasteiger charge is -2.42. The predicted octanol–water partition coefficient (Wildman–Crippen LogP) is 4.56. The number of hydrogen-bond acceptors (Lipinski definition) is 3. The van der Waals surface area contributed by atoms with Crippen molar-refractivity contribution in [2.24, 2.45) is 5.92 Å². The fourth-order valence-electron chi connectivity index (χ4n) is 4.36. The Balaban J connectivity index is 1.74. The van der Waals surface area contributed by atoms with Gasteiger partial charge in [-0.1, -0.05) is 81.4 Å². The molecule has 3 rings (SSSR count). The van der Waals surface area contributed by atoms with Crippen LogP contribution in [0.1, 0.15) is 56.8 Å². The SMILES string of the molecule is CCC(c1ccccc1)N1CC[C@@H](O)[C@H](NC(c2ccccc2)C(C)C)C1. The van der Waals surface area contributed by atoms with E-state index in [1.54, 1.807) is 0 Å². The monoisotopic (exact) mass is 366 g/mol. The van der Waals surface area contributed by atoms with Gasteiger partial charge in [-0.2, -0.15) is 0 Å². The van der Waals surface area contributed by atoms with Crippen molar-refractivity contribution in [1.29, 1.82) is 0 Å². The second-order valence-electron chi connectivity index (χ2n) is 8.09. The van der Waals surface area contributed by atoms with Crippen LogP contribution in [0.4, 0.5) is 0 Å². The Hall–Kier alpha value is -1.68. The number of rotatable bonds is 7. The zero-order valence-electron chi connectivity index (χ0n) is 16.9. The highest BCUT2D eigenvalue weighted by molar-refractivity contribution is 5.21. The first-order chi connectivity index (χ1) is 13.1. The van der Waals surface area contributed by atoms with Gasteiger partial charge in [0.1, 0.15) is 0 Å². The topological polar surface area (TPSA) is 35.5 Å². The van der Waals surface area contributed by atoms with Crippen molar-refractivity contribution < 1.29 is 5.11 Å². The van der Waals surface area contributed by atoms with E-state index in [4.69, 9.17) is 0 Å². The highest BCUT2D eigenvalue weighted by Gasteiger charge is 2.33. The molecule has 146 valence electrons. The van der Waals surface area contributed by atoms with E-state index in [9.17, 15) is 5.11 Å². The average molecular weight is 367 g/mol. The van der Waals surface area contributed by atoms with Gasteiger partial charge in [-0.05, 0) is 29.9 Å². The van der Waals surface area contributed by atoms with Crippen molar-refractivity contribution in [2.45, 2.75) is 57.8 Å². The van der Waals surface area contributed by atoms with Crippen molar-refractivity contribution in [3.8, 4) is 0 Å². The van der Waals surface area contributed by atoms with Gasteiger partial charge in [0.25, 0.3) is 0 Å². The zero-order chi connectivity index (χ0) is 19.2. The van der Waals surface area contributed by atoms with E-state index in [0.717, 1.165) is 25.9 Å². The molecule has 1 fully saturated rings.